The Kier molecular flexibility index (Phi) is 5.10. The molecule has 2 rings (SSSR count). The molecular weight excluding hydrogens is 264 g/mol. The lowest BCUT2D eigenvalue weighted by Gasteiger charge is -2.37. The van der Waals surface area contributed by atoms with Gasteiger partial charge in [0.05, 0.1) is 6.54 Å². The summed E-state index contributed by atoms with van der Waals surface area (Å²) in [5.41, 5.74) is 6.48. The largest absolute Gasteiger partial charge is 0.492 e. The molecule has 4 heteroatoms. The molecule has 1 aromatic rings. The molecule has 1 aromatic carbocycles. The first-order valence-electron chi connectivity index (χ1n) is 7.75. The molecule has 1 aliphatic carbocycles. The van der Waals surface area contributed by atoms with Crippen molar-refractivity contribution in [3.05, 3.63) is 24.3 Å². The van der Waals surface area contributed by atoms with E-state index in [-0.39, 0.29) is 17.2 Å². The summed E-state index contributed by atoms with van der Waals surface area (Å²) in [4.78, 5) is 12.3. The number of nitrogen functional groups attached to an aromatic ring is 1. The van der Waals surface area contributed by atoms with Gasteiger partial charge >= 0.3 is 0 Å². The van der Waals surface area contributed by atoms with Gasteiger partial charge in [0.2, 0.25) is 5.91 Å². The van der Waals surface area contributed by atoms with E-state index in [4.69, 9.17) is 10.5 Å². The molecule has 21 heavy (non-hydrogen) atoms. The van der Waals surface area contributed by atoms with Gasteiger partial charge in [-0.25, -0.2) is 0 Å². The van der Waals surface area contributed by atoms with Crippen LogP contribution in [0.1, 0.15) is 39.5 Å². The number of anilines is 1. The van der Waals surface area contributed by atoms with Crippen molar-refractivity contribution in [1.82, 2.24) is 5.32 Å². The molecule has 3 N–H and O–H groups in total. The van der Waals surface area contributed by atoms with E-state index in [1.165, 1.54) is 6.42 Å². The number of amides is 1. The highest BCUT2D eigenvalue weighted by Gasteiger charge is 2.36. The van der Waals surface area contributed by atoms with Crippen molar-refractivity contribution in [3.8, 4) is 5.75 Å². The molecule has 0 saturated heterocycles. The lowest BCUT2D eigenvalue weighted by Crippen LogP contribution is -2.42. The molecule has 1 unspecified atom stereocenters. The number of nitrogens with two attached hydrogens (primary N) is 1. The van der Waals surface area contributed by atoms with Gasteiger partial charge in [0.25, 0.3) is 0 Å². The van der Waals surface area contributed by atoms with Crippen LogP contribution in [0.4, 0.5) is 5.69 Å². The standard InChI is InChI=1S/C17H26N2O2/c1-17(2)9-4-3-8-15(17)16(20)19-10-11-21-14-7-5-6-13(18)12-14/h5-7,12,15H,3-4,8-11,18H2,1-2H3,(H,19,20). The Labute approximate surface area is 127 Å². The van der Waals surface area contributed by atoms with Gasteiger partial charge < -0.3 is 15.8 Å². The highest BCUT2D eigenvalue weighted by molar-refractivity contribution is 5.79. The average Bonchev–Trinajstić information content (AvgIpc) is 2.43. The van der Waals surface area contributed by atoms with E-state index in [0.717, 1.165) is 25.0 Å². The zero-order chi connectivity index (χ0) is 15.3. The number of ether oxygens (including phenoxy) is 1. The van der Waals surface area contributed by atoms with E-state index in [1.54, 1.807) is 6.07 Å². The third-order valence-corrected chi connectivity index (χ3v) is 4.35. The van der Waals surface area contributed by atoms with Crippen molar-refractivity contribution in [3.63, 3.8) is 0 Å². The second-order valence-corrected chi connectivity index (χ2v) is 6.50. The van der Waals surface area contributed by atoms with Crippen LogP contribution in [0.2, 0.25) is 0 Å². The lowest BCUT2D eigenvalue weighted by molar-refractivity contribution is -0.130. The summed E-state index contributed by atoms with van der Waals surface area (Å²) in [6.07, 6.45) is 4.51. The highest BCUT2D eigenvalue weighted by atomic mass is 16.5. The minimum absolute atomic E-state index is 0.108. The first-order valence-corrected chi connectivity index (χ1v) is 7.75. The topological polar surface area (TPSA) is 64.3 Å². The fourth-order valence-corrected chi connectivity index (χ4v) is 3.05. The number of hydrogen-bond donors (Lipinski definition) is 2. The Morgan fingerprint density at radius 1 is 1.43 bits per heavy atom. The fourth-order valence-electron chi connectivity index (χ4n) is 3.05. The number of rotatable bonds is 5. The van der Waals surface area contributed by atoms with Gasteiger partial charge in [-0.15, -0.1) is 0 Å². The van der Waals surface area contributed by atoms with Crippen LogP contribution in [-0.4, -0.2) is 19.1 Å². The second-order valence-electron chi connectivity index (χ2n) is 6.50. The average molecular weight is 290 g/mol. The Morgan fingerprint density at radius 2 is 2.24 bits per heavy atom. The summed E-state index contributed by atoms with van der Waals surface area (Å²) in [6, 6.07) is 7.32. The fraction of sp³-hybridized carbons (Fsp3) is 0.588. The van der Waals surface area contributed by atoms with E-state index in [9.17, 15) is 4.79 Å². The van der Waals surface area contributed by atoms with Crippen LogP contribution >= 0.6 is 0 Å². The molecule has 1 atom stereocenters. The van der Waals surface area contributed by atoms with Gasteiger partial charge in [0.1, 0.15) is 12.4 Å². The molecule has 0 spiro atoms. The van der Waals surface area contributed by atoms with Crippen molar-refractivity contribution in [2.24, 2.45) is 11.3 Å². The Morgan fingerprint density at radius 3 is 2.95 bits per heavy atom. The maximum atomic E-state index is 12.3. The summed E-state index contributed by atoms with van der Waals surface area (Å²) >= 11 is 0. The molecule has 4 nitrogen and oxygen atoms in total. The second kappa shape index (κ2) is 6.83. The summed E-state index contributed by atoms with van der Waals surface area (Å²) in [5, 5.41) is 3.00. The van der Waals surface area contributed by atoms with Crippen LogP contribution in [0.15, 0.2) is 24.3 Å². The molecule has 1 saturated carbocycles. The zero-order valence-corrected chi connectivity index (χ0v) is 13.0. The van der Waals surface area contributed by atoms with E-state index in [1.807, 2.05) is 18.2 Å². The van der Waals surface area contributed by atoms with Gasteiger partial charge in [0, 0.05) is 17.7 Å². The molecule has 116 valence electrons. The Balaban J connectivity index is 1.74. The van der Waals surface area contributed by atoms with Gasteiger partial charge in [-0.1, -0.05) is 32.8 Å². The summed E-state index contributed by atoms with van der Waals surface area (Å²) in [7, 11) is 0. The van der Waals surface area contributed by atoms with Crippen LogP contribution in [0.3, 0.4) is 0 Å². The third-order valence-electron chi connectivity index (χ3n) is 4.35. The summed E-state index contributed by atoms with van der Waals surface area (Å²) < 4.78 is 5.58. The minimum atomic E-state index is 0.108. The van der Waals surface area contributed by atoms with E-state index in [2.05, 4.69) is 19.2 Å². The van der Waals surface area contributed by atoms with E-state index < -0.39 is 0 Å². The maximum Gasteiger partial charge on any atom is 0.223 e. The first kappa shape index (κ1) is 15.7. The zero-order valence-electron chi connectivity index (χ0n) is 13.0. The van der Waals surface area contributed by atoms with Crippen molar-refractivity contribution < 1.29 is 9.53 Å². The number of carbonyl (C=O) groups excluding carboxylic acids is 1. The van der Waals surface area contributed by atoms with Crippen LogP contribution in [-0.2, 0) is 4.79 Å². The number of carbonyl (C=O) groups is 1. The van der Waals surface area contributed by atoms with Crippen molar-refractivity contribution in [2.75, 3.05) is 18.9 Å². The molecule has 0 aromatic heterocycles. The van der Waals surface area contributed by atoms with Gasteiger partial charge in [-0.2, -0.15) is 0 Å². The van der Waals surface area contributed by atoms with Crippen LogP contribution in [0.5, 0.6) is 5.75 Å². The smallest absolute Gasteiger partial charge is 0.223 e. The minimum Gasteiger partial charge on any atom is -0.492 e. The quantitative estimate of drug-likeness (QED) is 0.647. The predicted octanol–water partition coefficient (Wildman–Crippen LogP) is 2.98. The molecule has 0 heterocycles. The van der Waals surface area contributed by atoms with E-state index in [0.29, 0.717) is 18.8 Å². The summed E-state index contributed by atoms with van der Waals surface area (Å²) in [5.74, 6) is 1.02. The molecule has 1 fully saturated rings. The molecular formula is C17H26N2O2. The Hall–Kier alpha value is -1.71. The van der Waals surface area contributed by atoms with Gasteiger partial charge in [-0.05, 0) is 30.4 Å². The van der Waals surface area contributed by atoms with Crippen LogP contribution < -0.4 is 15.8 Å². The van der Waals surface area contributed by atoms with Gasteiger partial charge in [-0.3, -0.25) is 4.79 Å². The predicted molar refractivity (Wildman–Crippen MR) is 85.1 cm³/mol. The lowest BCUT2D eigenvalue weighted by atomic mass is 9.68. The molecule has 1 amide bonds. The molecule has 0 aliphatic heterocycles. The number of hydrogen-bond acceptors (Lipinski definition) is 3. The van der Waals surface area contributed by atoms with Gasteiger partial charge in [0.15, 0.2) is 0 Å². The molecule has 0 radical (unpaired) electrons. The monoisotopic (exact) mass is 290 g/mol. The normalized spacial score (nSPS) is 20.8. The van der Waals surface area contributed by atoms with Crippen molar-refractivity contribution in [2.45, 2.75) is 39.5 Å². The third kappa shape index (κ3) is 4.38. The van der Waals surface area contributed by atoms with Crippen LogP contribution in [0.25, 0.3) is 0 Å². The Bertz CT molecular complexity index is 485. The highest BCUT2D eigenvalue weighted by Crippen LogP contribution is 2.40. The van der Waals surface area contributed by atoms with Crippen LogP contribution in [0, 0.1) is 11.3 Å². The first-order chi connectivity index (χ1) is 9.99. The van der Waals surface area contributed by atoms with E-state index >= 15 is 0 Å². The maximum absolute atomic E-state index is 12.3. The SMILES string of the molecule is CC1(C)CCCCC1C(=O)NCCOc1cccc(N)c1. The summed E-state index contributed by atoms with van der Waals surface area (Å²) in [6.45, 7) is 5.38. The molecule has 0 bridgehead atoms. The van der Waals surface area contributed by atoms with Crippen molar-refractivity contribution in [1.29, 1.82) is 0 Å². The van der Waals surface area contributed by atoms with Crippen molar-refractivity contribution >= 4 is 11.6 Å². The number of benzene rings is 1. The molecule has 1 aliphatic rings. The number of nitrogens with one attached hydrogen (secondary N) is 1.